The third kappa shape index (κ3) is 5.17. The van der Waals surface area contributed by atoms with E-state index in [-0.39, 0.29) is 16.2 Å². The summed E-state index contributed by atoms with van der Waals surface area (Å²) in [7, 11) is 0. The van der Waals surface area contributed by atoms with Gasteiger partial charge in [-0.2, -0.15) is 0 Å². The Morgan fingerprint density at radius 3 is 1.95 bits per heavy atom. The van der Waals surface area contributed by atoms with Gasteiger partial charge in [-0.05, 0) is 92.4 Å². The minimum Gasteiger partial charge on any atom is -0.283 e. The Kier molecular flexibility index (Phi) is 7.02. The minimum absolute atomic E-state index is 0.00784. The summed E-state index contributed by atoms with van der Waals surface area (Å²) >= 11 is 2.51. The Labute approximate surface area is 250 Å². The molecule has 0 bridgehead atoms. The Hall–Kier alpha value is -2.59. The van der Waals surface area contributed by atoms with Gasteiger partial charge in [-0.15, -0.1) is 0 Å². The molecule has 0 fully saturated rings. The molecule has 202 valence electrons. The van der Waals surface area contributed by atoms with Gasteiger partial charge in [0.15, 0.2) is 0 Å². The summed E-state index contributed by atoms with van der Waals surface area (Å²) in [5.74, 6) is 0. The van der Waals surface area contributed by atoms with Crippen molar-refractivity contribution in [2.45, 2.75) is 85.0 Å². The summed E-state index contributed by atoms with van der Waals surface area (Å²) in [5, 5.41) is 0. The number of anilines is 2. The summed E-state index contributed by atoms with van der Waals surface area (Å²) in [6.07, 6.45) is 0.935. The van der Waals surface area contributed by atoms with Gasteiger partial charge >= 0.3 is 0 Å². The number of fused-ring (bicyclic) bond motifs is 3. The lowest BCUT2D eigenvalue weighted by atomic mass is 9.82. The average molecular weight is 628 g/mol. The molecular weight excluding hydrogens is 585 g/mol. The molecule has 2 heteroatoms. The molecule has 0 radical (unpaired) electrons. The zero-order chi connectivity index (χ0) is 28.3. The molecule has 0 amide bonds. The van der Waals surface area contributed by atoms with E-state index < -0.39 is 0 Å². The Morgan fingerprint density at radius 2 is 1.31 bits per heavy atom. The molecule has 4 aromatic rings. The van der Waals surface area contributed by atoms with E-state index in [4.69, 9.17) is 0 Å². The first-order valence-corrected chi connectivity index (χ1v) is 15.1. The highest BCUT2D eigenvalue weighted by Gasteiger charge is 2.35. The minimum atomic E-state index is -0.00784. The van der Waals surface area contributed by atoms with Crippen molar-refractivity contribution < 1.29 is 0 Å². The predicted molar refractivity (Wildman–Crippen MR) is 178 cm³/mol. The van der Waals surface area contributed by atoms with Crippen LogP contribution >= 0.6 is 22.9 Å². The van der Waals surface area contributed by atoms with Crippen molar-refractivity contribution in [2.24, 2.45) is 0 Å². The third-order valence-electron chi connectivity index (χ3n) is 8.57. The fourth-order valence-electron chi connectivity index (χ4n) is 5.87. The van der Waals surface area contributed by atoms with Crippen LogP contribution in [0.25, 0.3) is 11.1 Å². The van der Waals surface area contributed by atoms with E-state index >= 15 is 0 Å². The molecule has 39 heavy (non-hydrogen) atoms. The second kappa shape index (κ2) is 9.80. The molecule has 0 saturated heterocycles. The lowest BCUT2D eigenvalue weighted by Gasteiger charge is -2.28. The van der Waals surface area contributed by atoms with Crippen molar-refractivity contribution in [2.75, 3.05) is 3.11 Å². The standard InChI is InChI=1S/C37H42IN/c1-24-26(20-25-14-16-27(17-15-25)35(2,3)4)21-28(36(5,6)7)22-34(24)39(38)29-18-19-31-30-12-10-11-13-32(30)37(8,9)33(31)23-29/h10-19,21-23H,20H2,1-9H3. The van der Waals surface area contributed by atoms with Crippen LogP contribution in [-0.4, -0.2) is 0 Å². The van der Waals surface area contributed by atoms with E-state index in [2.05, 4.69) is 167 Å². The van der Waals surface area contributed by atoms with Crippen LogP contribution in [0.3, 0.4) is 0 Å². The van der Waals surface area contributed by atoms with E-state index in [9.17, 15) is 0 Å². The molecule has 0 saturated carbocycles. The molecule has 1 aliphatic carbocycles. The first-order valence-electron chi connectivity index (χ1n) is 14.1. The summed E-state index contributed by atoms with van der Waals surface area (Å²) < 4.78 is 2.37. The SMILES string of the molecule is Cc1c(Cc2ccc(C(C)(C)C)cc2)cc(C(C)(C)C)cc1N(I)c1ccc2c(c1)C(C)(C)c1ccccc1-2. The zero-order valence-electron chi connectivity index (χ0n) is 25.0. The van der Waals surface area contributed by atoms with E-state index in [0.29, 0.717) is 0 Å². The molecule has 0 N–H and O–H groups in total. The van der Waals surface area contributed by atoms with Crippen LogP contribution in [0.5, 0.6) is 0 Å². The first-order chi connectivity index (χ1) is 18.2. The van der Waals surface area contributed by atoms with E-state index in [1.165, 1.54) is 61.4 Å². The van der Waals surface area contributed by atoms with Crippen molar-refractivity contribution >= 4 is 34.2 Å². The molecule has 5 rings (SSSR count). The number of halogens is 1. The average Bonchev–Trinajstić information content (AvgIpc) is 3.10. The van der Waals surface area contributed by atoms with Crippen LogP contribution in [0.15, 0.2) is 78.9 Å². The van der Waals surface area contributed by atoms with Crippen LogP contribution in [-0.2, 0) is 22.7 Å². The number of rotatable bonds is 4. The Morgan fingerprint density at radius 1 is 0.692 bits per heavy atom. The summed E-state index contributed by atoms with van der Waals surface area (Å²) in [6, 6.07) is 30.0. The van der Waals surface area contributed by atoms with Crippen molar-refractivity contribution in [1.29, 1.82) is 0 Å². The lowest BCUT2D eigenvalue weighted by molar-refractivity contribution is 0.589. The Balaban J connectivity index is 1.55. The fraction of sp³-hybridized carbons (Fsp3) is 0.351. The highest BCUT2D eigenvalue weighted by molar-refractivity contribution is 14.1. The molecule has 1 nitrogen and oxygen atoms in total. The maximum Gasteiger partial charge on any atom is 0.0646 e. The molecule has 0 aromatic heterocycles. The van der Waals surface area contributed by atoms with Crippen molar-refractivity contribution in [1.82, 2.24) is 0 Å². The zero-order valence-corrected chi connectivity index (χ0v) is 27.2. The summed E-state index contributed by atoms with van der Waals surface area (Å²) in [5.41, 5.74) is 15.2. The second-order valence-electron chi connectivity index (χ2n) is 13.8. The maximum atomic E-state index is 2.51. The summed E-state index contributed by atoms with van der Waals surface area (Å²) in [4.78, 5) is 0. The molecule has 1 aliphatic rings. The Bertz CT molecular complexity index is 1530. The van der Waals surface area contributed by atoms with Crippen LogP contribution < -0.4 is 3.11 Å². The quantitative estimate of drug-likeness (QED) is 0.161. The molecule has 0 aliphatic heterocycles. The van der Waals surface area contributed by atoms with Gasteiger partial charge < -0.3 is 0 Å². The van der Waals surface area contributed by atoms with Gasteiger partial charge in [0.2, 0.25) is 0 Å². The van der Waals surface area contributed by atoms with Crippen molar-refractivity contribution in [3.05, 3.63) is 118 Å². The van der Waals surface area contributed by atoms with Crippen LogP contribution in [0.2, 0.25) is 0 Å². The van der Waals surface area contributed by atoms with Gasteiger partial charge in [0, 0.05) is 5.41 Å². The number of hydrogen-bond donors (Lipinski definition) is 0. The summed E-state index contributed by atoms with van der Waals surface area (Å²) in [6.45, 7) is 20.8. The maximum absolute atomic E-state index is 2.51. The van der Waals surface area contributed by atoms with Crippen molar-refractivity contribution in [3.63, 3.8) is 0 Å². The smallest absolute Gasteiger partial charge is 0.0646 e. The van der Waals surface area contributed by atoms with Gasteiger partial charge in [-0.1, -0.05) is 116 Å². The number of benzene rings is 4. The van der Waals surface area contributed by atoms with Crippen LogP contribution in [0.4, 0.5) is 11.4 Å². The molecule has 0 unspecified atom stereocenters. The van der Waals surface area contributed by atoms with Crippen LogP contribution in [0.1, 0.15) is 94.3 Å². The topological polar surface area (TPSA) is 3.24 Å². The van der Waals surface area contributed by atoms with E-state index in [1.807, 2.05) is 0 Å². The van der Waals surface area contributed by atoms with Crippen LogP contribution in [0, 0.1) is 6.92 Å². The molecule has 0 heterocycles. The first kappa shape index (κ1) is 28.0. The van der Waals surface area contributed by atoms with Gasteiger partial charge in [-0.25, -0.2) is 0 Å². The lowest BCUT2D eigenvalue weighted by Crippen LogP contribution is -2.16. The highest BCUT2D eigenvalue weighted by atomic mass is 127. The van der Waals surface area contributed by atoms with Gasteiger partial charge in [0.25, 0.3) is 0 Å². The fourth-order valence-corrected chi connectivity index (χ4v) is 6.68. The number of hydrogen-bond acceptors (Lipinski definition) is 1. The van der Waals surface area contributed by atoms with Gasteiger partial charge in [-0.3, -0.25) is 3.11 Å². The van der Waals surface area contributed by atoms with E-state index in [0.717, 1.165) is 6.42 Å². The second-order valence-corrected chi connectivity index (χ2v) is 14.8. The molecule has 0 atom stereocenters. The molecule has 0 spiro atoms. The third-order valence-corrected chi connectivity index (χ3v) is 9.65. The normalized spacial score (nSPS) is 14.2. The largest absolute Gasteiger partial charge is 0.283 e. The molecule has 4 aromatic carbocycles. The monoisotopic (exact) mass is 627 g/mol. The highest BCUT2D eigenvalue weighted by Crippen LogP contribution is 2.50. The van der Waals surface area contributed by atoms with Crippen molar-refractivity contribution in [3.8, 4) is 11.1 Å². The van der Waals surface area contributed by atoms with Gasteiger partial charge in [0.1, 0.15) is 0 Å². The molecular formula is C37H42IN. The van der Waals surface area contributed by atoms with Gasteiger partial charge in [0.05, 0.1) is 34.2 Å². The van der Waals surface area contributed by atoms with E-state index in [1.54, 1.807) is 0 Å². The number of nitrogens with zero attached hydrogens (tertiary/aromatic N) is 1. The predicted octanol–water partition coefficient (Wildman–Crippen LogP) is 11.0.